The Bertz CT molecular complexity index is 656. The Hall–Kier alpha value is -1.86. The predicted octanol–water partition coefficient (Wildman–Crippen LogP) is 1.01. The lowest BCUT2D eigenvalue weighted by Crippen LogP contribution is -2.31. The highest BCUT2D eigenvalue weighted by Gasteiger charge is 2.42. The quantitative estimate of drug-likeness (QED) is 0.163. The summed E-state index contributed by atoms with van der Waals surface area (Å²) in [6.07, 6.45) is 8.86. The molecule has 1 aromatic rings. The fraction of sp³-hybridized carbons (Fsp3) is 0.462. The lowest BCUT2D eigenvalue weighted by atomic mass is 9.75. The van der Waals surface area contributed by atoms with E-state index in [0.29, 0.717) is 25.4 Å². The first kappa shape index (κ1) is 18.0. The average Bonchev–Trinajstić information content (AvgIpc) is 3.17. The number of hydroxylamine groups is 2. The molecule has 3 heterocycles. The minimum atomic E-state index is -0.304. The number of nitrogens with zero attached hydrogens (tertiary/aromatic N) is 4. The van der Waals surface area contributed by atoms with Gasteiger partial charge in [-0.05, 0) is 18.1 Å². The van der Waals surface area contributed by atoms with Crippen LogP contribution in [-0.2, 0) is 24.9 Å². The van der Waals surface area contributed by atoms with Gasteiger partial charge >= 0.3 is 6.03 Å². The molecule has 1 aromatic heterocycles. The molecule has 0 saturated carbocycles. The van der Waals surface area contributed by atoms with E-state index in [9.17, 15) is 9.59 Å². The number of hydrogen-bond donors (Lipinski definition) is 1. The molecule has 3 rings (SSSR count). The number of hydrogen-bond acceptors (Lipinski definition) is 8. The molecule has 12 heteroatoms. The lowest BCUT2D eigenvalue weighted by Gasteiger charge is -2.20. The minimum Gasteiger partial charge on any atom is -0.316 e. The van der Waals surface area contributed by atoms with Gasteiger partial charge in [-0.2, -0.15) is 14.4 Å². The first-order chi connectivity index (χ1) is 12.2. The number of urea groups is 1. The highest BCUT2D eigenvalue weighted by molar-refractivity contribution is 7.89. The van der Waals surface area contributed by atoms with Gasteiger partial charge in [-0.25, -0.2) is 14.7 Å². The number of carbonyl (C=O) groups excluding carboxylic acids is 2. The van der Waals surface area contributed by atoms with Gasteiger partial charge in [0.15, 0.2) is 7.28 Å². The topological polar surface area (TPSA) is 106 Å². The van der Waals surface area contributed by atoms with E-state index in [1.807, 2.05) is 12.3 Å². The smallest absolute Gasteiger partial charge is 0.316 e. The Morgan fingerprint density at radius 2 is 2.40 bits per heavy atom. The molecular formula is C13H16BN4O6S. The summed E-state index contributed by atoms with van der Waals surface area (Å²) in [6.45, 7) is 0.912. The zero-order valence-corrected chi connectivity index (χ0v) is 14.0. The van der Waals surface area contributed by atoms with Gasteiger partial charge in [-0.3, -0.25) is 0 Å². The summed E-state index contributed by atoms with van der Waals surface area (Å²) >= 11 is 0.344. The molecule has 0 spiro atoms. The van der Waals surface area contributed by atoms with E-state index >= 15 is 0 Å². The number of fused-ring (bicyclic) bond motifs is 2. The van der Waals surface area contributed by atoms with E-state index in [2.05, 4.69) is 14.5 Å². The largest absolute Gasteiger partial charge is 0.346 e. The fourth-order valence-corrected chi connectivity index (χ4v) is 3.10. The molecule has 0 aliphatic carbocycles. The van der Waals surface area contributed by atoms with Crippen LogP contribution in [0.2, 0.25) is 6.32 Å². The Morgan fingerprint density at radius 1 is 1.52 bits per heavy atom. The van der Waals surface area contributed by atoms with Gasteiger partial charge in [0.05, 0.1) is 24.6 Å². The van der Waals surface area contributed by atoms with E-state index in [4.69, 9.17) is 9.54 Å². The summed E-state index contributed by atoms with van der Waals surface area (Å²) in [5.74, 6) is 0. The van der Waals surface area contributed by atoms with Crippen LogP contribution < -0.4 is 0 Å². The Kier molecular flexibility index (Phi) is 6.10. The molecule has 1 N–H and O–H groups in total. The number of aromatic nitrogens is 2. The van der Waals surface area contributed by atoms with Crippen LogP contribution in [0.15, 0.2) is 18.5 Å². The Balaban J connectivity index is 1.62. The van der Waals surface area contributed by atoms with Crippen molar-refractivity contribution < 1.29 is 28.5 Å². The number of carbonyl (C=O) groups is 2. The van der Waals surface area contributed by atoms with Crippen LogP contribution in [0.1, 0.15) is 12.0 Å². The maximum absolute atomic E-state index is 12.2. The van der Waals surface area contributed by atoms with Crippen molar-refractivity contribution in [1.29, 1.82) is 0 Å². The van der Waals surface area contributed by atoms with Crippen LogP contribution >= 0.6 is 12.3 Å². The number of rotatable bonds is 10. The highest BCUT2D eigenvalue weighted by Crippen LogP contribution is 2.28. The SMILES string of the molecule is O=C[B]CCCc1cnn(C2=CC3CN(C2)C(=O)N3OSOOO)c1. The van der Waals surface area contributed by atoms with E-state index < -0.39 is 0 Å². The van der Waals surface area contributed by atoms with Crippen LogP contribution in [0, 0.1) is 0 Å². The molecule has 2 aliphatic heterocycles. The number of aryl methyl sites for hydroxylation is 1. The van der Waals surface area contributed by atoms with Gasteiger partial charge in [0, 0.05) is 12.7 Å². The van der Waals surface area contributed by atoms with Crippen LogP contribution in [0.5, 0.6) is 0 Å². The fourth-order valence-electron chi connectivity index (χ4n) is 2.81. The van der Waals surface area contributed by atoms with Gasteiger partial charge in [-0.1, -0.05) is 17.8 Å². The van der Waals surface area contributed by atoms with Crippen molar-refractivity contribution in [2.45, 2.75) is 25.2 Å². The van der Waals surface area contributed by atoms with Crippen LogP contribution in [0.25, 0.3) is 5.70 Å². The molecule has 0 aromatic carbocycles. The summed E-state index contributed by atoms with van der Waals surface area (Å²) in [4.78, 5) is 24.1. The van der Waals surface area contributed by atoms with Crippen molar-refractivity contribution in [3.05, 3.63) is 24.0 Å². The van der Waals surface area contributed by atoms with Crippen LogP contribution in [0.3, 0.4) is 0 Å². The molecule has 25 heavy (non-hydrogen) atoms. The third-order valence-corrected chi connectivity index (χ3v) is 4.27. The van der Waals surface area contributed by atoms with Gasteiger partial charge in [0.1, 0.15) is 6.04 Å². The second kappa shape index (κ2) is 8.49. The second-order valence-electron chi connectivity index (χ2n) is 5.56. The average molecular weight is 367 g/mol. The third kappa shape index (κ3) is 4.22. The number of amides is 2. The molecule has 1 unspecified atom stereocenters. The zero-order chi connectivity index (χ0) is 17.6. The molecule has 1 fully saturated rings. The van der Waals surface area contributed by atoms with Crippen molar-refractivity contribution in [3.8, 4) is 0 Å². The van der Waals surface area contributed by atoms with Crippen LogP contribution in [-0.4, -0.2) is 63.6 Å². The molecule has 1 radical (unpaired) electrons. The highest BCUT2D eigenvalue weighted by atomic mass is 32.2. The van der Waals surface area contributed by atoms with Gasteiger partial charge in [-0.15, -0.1) is 4.33 Å². The normalized spacial score (nSPS) is 19.3. The molecule has 133 valence electrons. The zero-order valence-electron chi connectivity index (χ0n) is 13.2. The van der Waals surface area contributed by atoms with Gasteiger partial charge < -0.3 is 9.69 Å². The first-order valence-electron chi connectivity index (χ1n) is 7.64. The maximum atomic E-state index is 12.2. The summed E-state index contributed by atoms with van der Waals surface area (Å²) in [5, 5.41) is 17.0. The molecule has 2 aliphatic rings. The third-order valence-electron chi connectivity index (χ3n) is 3.94. The lowest BCUT2D eigenvalue weighted by molar-refractivity contribution is -0.435. The van der Waals surface area contributed by atoms with Crippen molar-refractivity contribution in [2.24, 2.45) is 0 Å². The Morgan fingerprint density at radius 3 is 3.20 bits per heavy atom. The summed E-state index contributed by atoms with van der Waals surface area (Å²) in [5.41, 5.74) is 1.93. The molecule has 1 atom stereocenters. The molecule has 2 amide bonds. The molecular weight excluding hydrogens is 351 g/mol. The molecule has 2 bridgehead atoms. The van der Waals surface area contributed by atoms with E-state index in [1.165, 1.54) is 0 Å². The maximum Gasteiger partial charge on any atom is 0.346 e. The minimum absolute atomic E-state index is 0.291. The molecule has 10 nitrogen and oxygen atoms in total. The summed E-state index contributed by atoms with van der Waals surface area (Å²) in [7, 11) is 1.60. The van der Waals surface area contributed by atoms with E-state index in [0.717, 1.165) is 41.7 Å². The van der Waals surface area contributed by atoms with Crippen molar-refractivity contribution >= 4 is 37.5 Å². The van der Waals surface area contributed by atoms with Crippen LogP contribution in [0.4, 0.5) is 4.79 Å². The van der Waals surface area contributed by atoms with E-state index in [1.54, 1.807) is 23.1 Å². The van der Waals surface area contributed by atoms with Crippen molar-refractivity contribution in [3.63, 3.8) is 0 Å². The summed E-state index contributed by atoms with van der Waals surface area (Å²) < 4.78 is 11.0. The summed E-state index contributed by atoms with van der Waals surface area (Å²) in [6, 6.07) is -0.594. The van der Waals surface area contributed by atoms with Crippen molar-refractivity contribution in [1.82, 2.24) is 19.7 Å². The van der Waals surface area contributed by atoms with E-state index in [-0.39, 0.29) is 12.1 Å². The monoisotopic (exact) mass is 367 g/mol. The van der Waals surface area contributed by atoms with Gasteiger partial charge in [0.2, 0.25) is 12.3 Å². The van der Waals surface area contributed by atoms with Crippen molar-refractivity contribution in [2.75, 3.05) is 13.1 Å². The Labute approximate surface area is 148 Å². The predicted molar refractivity (Wildman–Crippen MR) is 88.2 cm³/mol. The second-order valence-corrected chi connectivity index (χ2v) is 5.98. The first-order valence-corrected chi connectivity index (χ1v) is 8.31. The van der Waals surface area contributed by atoms with Gasteiger partial charge in [0.25, 0.3) is 0 Å². The molecule has 1 saturated heterocycles. The standard InChI is InChI=1S/C13H16BN4O6S/c19-9-14-3-1-2-10-5-15-17(6-10)11-4-12-8-16(7-11)13(20)18(12)22-25-24-23-21/h4-6,9,12,21H,1-3,7-8H2.